The minimum absolute atomic E-state index is 0.0332. The molecule has 4 heterocycles. The Hall–Kier alpha value is -2.96. The van der Waals surface area contributed by atoms with Gasteiger partial charge in [-0.3, -0.25) is 9.78 Å². The van der Waals surface area contributed by atoms with E-state index in [1.54, 1.807) is 18.6 Å². The average Bonchev–Trinajstić information content (AvgIpc) is 3.33. The fourth-order valence-corrected chi connectivity index (χ4v) is 4.91. The van der Waals surface area contributed by atoms with E-state index in [1.165, 1.54) is 0 Å². The van der Waals surface area contributed by atoms with Crippen LogP contribution in [0.4, 0.5) is 5.82 Å². The van der Waals surface area contributed by atoms with E-state index in [4.69, 9.17) is 4.74 Å². The summed E-state index contributed by atoms with van der Waals surface area (Å²) in [6, 6.07) is 7.92. The van der Waals surface area contributed by atoms with Crippen molar-refractivity contribution >= 4 is 17.7 Å². The summed E-state index contributed by atoms with van der Waals surface area (Å²) in [6.45, 7) is 1.69. The van der Waals surface area contributed by atoms with Gasteiger partial charge in [-0.25, -0.2) is 9.78 Å². The summed E-state index contributed by atoms with van der Waals surface area (Å²) in [6.07, 6.45) is 8.81. The molecule has 1 N–H and O–H groups in total. The predicted octanol–water partition coefficient (Wildman–Crippen LogP) is 2.43. The Balaban J connectivity index is 1.18. The van der Waals surface area contributed by atoms with Crippen LogP contribution in [0.5, 0.6) is 0 Å². The number of esters is 1. The highest BCUT2D eigenvalue weighted by Gasteiger charge is 2.48. The number of rotatable bonds is 3. The van der Waals surface area contributed by atoms with Crippen LogP contribution in [0.15, 0.2) is 42.9 Å². The zero-order valence-electron chi connectivity index (χ0n) is 16.2. The van der Waals surface area contributed by atoms with Crippen molar-refractivity contribution in [2.45, 2.75) is 43.7 Å². The second-order valence-corrected chi connectivity index (χ2v) is 8.21. The molecule has 1 aliphatic carbocycles. The second-order valence-electron chi connectivity index (χ2n) is 8.21. The fourth-order valence-electron chi connectivity index (χ4n) is 4.91. The largest absolute Gasteiger partial charge is 0.451 e. The van der Waals surface area contributed by atoms with Crippen molar-refractivity contribution in [3.05, 3.63) is 54.0 Å². The summed E-state index contributed by atoms with van der Waals surface area (Å²) in [5, 5.41) is 3.23. The molecule has 1 saturated heterocycles. The number of hydrogen-bond acceptors (Lipinski definition) is 6. The molecule has 1 unspecified atom stereocenters. The highest BCUT2D eigenvalue weighted by atomic mass is 16.6. The van der Waals surface area contributed by atoms with Gasteiger partial charge in [-0.15, -0.1) is 0 Å². The third-order valence-electron chi connectivity index (χ3n) is 6.49. The van der Waals surface area contributed by atoms with Gasteiger partial charge in [-0.05, 0) is 50.3 Å². The maximum atomic E-state index is 12.8. The van der Waals surface area contributed by atoms with Crippen LogP contribution >= 0.6 is 0 Å². The number of carbonyl (C=O) groups is 2. The standard InChI is InChI=1S/C22H24N4O3/c27-20(25-16-7-12-26(14-16)19-3-1-2-10-24-19)15-4-8-22(9-5-15)18-6-11-23-13-17(18)21(28)29-22/h1-3,6,10-11,13,15-16H,4-5,7-9,12,14H2,(H,25,27). The van der Waals surface area contributed by atoms with E-state index in [0.29, 0.717) is 18.4 Å². The molecule has 1 atom stereocenters. The summed E-state index contributed by atoms with van der Waals surface area (Å²) in [5.41, 5.74) is 0.920. The minimum Gasteiger partial charge on any atom is -0.451 e. The normalized spacial score (nSPS) is 28.3. The quantitative estimate of drug-likeness (QED) is 0.808. The van der Waals surface area contributed by atoms with Crippen LogP contribution in [0.1, 0.15) is 48.0 Å². The summed E-state index contributed by atoms with van der Waals surface area (Å²) in [4.78, 5) is 35.7. The van der Waals surface area contributed by atoms with Crippen LogP contribution in [0.25, 0.3) is 0 Å². The van der Waals surface area contributed by atoms with Crippen molar-refractivity contribution in [3.8, 4) is 0 Å². The third kappa shape index (κ3) is 3.24. The van der Waals surface area contributed by atoms with Crippen molar-refractivity contribution in [2.24, 2.45) is 5.92 Å². The number of anilines is 1. The summed E-state index contributed by atoms with van der Waals surface area (Å²) >= 11 is 0. The lowest BCUT2D eigenvalue weighted by Gasteiger charge is -2.36. The number of fused-ring (bicyclic) bond motifs is 2. The first kappa shape index (κ1) is 18.1. The molecule has 7 nitrogen and oxygen atoms in total. The number of aromatic nitrogens is 2. The van der Waals surface area contributed by atoms with Crippen LogP contribution in [0.3, 0.4) is 0 Å². The maximum Gasteiger partial charge on any atom is 0.341 e. The van der Waals surface area contributed by atoms with Crippen molar-refractivity contribution in [3.63, 3.8) is 0 Å². The van der Waals surface area contributed by atoms with Gasteiger partial charge in [-0.1, -0.05) is 6.07 Å². The van der Waals surface area contributed by atoms with Gasteiger partial charge < -0.3 is 15.0 Å². The first-order valence-corrected chi connectivity index (χ1v) is 10.3. The zero-order chi connectivity index (χ0) is 19.8. The van der Waals surface area contributed by atoms with Gasteiger partial charge in [0.1, 0.15) is 11.4 Å². The lowest BCUT2D eigenvalue weighted by Crippen LogP contribution is -2.43. The highest BCUT2D eigenvalue weighted by molar-refractivity contribution is 5.94. The summed E-state index contributed by atoms with van der Waals surface area (Å²) in [5.74, 6) is 0.748. The number of carbonyl (C=O) groups excluding carboxylic acids is 2. The SMILES string of the molecule is O=C1OC2(CCC(C(=O)NC3CCN(c4ccccn4)C3)CC2)c2ccncc21. The summed E-state index contributed by atoms with van der Waals surface area (Å²) in [7, 11) is 0. The lowest BCUT2D eigenvalue weighted by molar-refractivity contribution is -0.128. The van der Waals surface area contributed by atoms with Crippen LogP contribution in [-0.4, -0.2) is 41.0 Å². The molecular formula is C22H24N4O3. The molecule has 29 heavy (non-hydrogen) atoms. The molecule has 1 amide bonds. The van der Waals surface area contributed by atoms with Crippen LogP contribution in [0.2, 0.25) is 0 Å². The maximum absolute atomic E-state index is 12.8. The molecule has 2 aromatic rings. The molecule has 2 aromatic heterocycles. The molecular weight excluding hydrogens is 368 g/mol. The van der Waals surface area contributed by atoms with E-state index < -0.39 is 5.60 Å². The van der Waals surface area contributed by atoms with Crippen LogP contribution < -0.4 is 10.2 Å². The molecule has 0 bridgehead atoms. The van der Waals surface area contributed by atoms with E-state index in [2.05, 4.69) is 20.2 Å². The van der Waals surface area contributed by atoms with E-state index in [0.717, 1.165) is 43.7 Å². The summed E-state index contributed by atoms with van der Waals surface area (Å²) < 4.78 is 5.76. The molecule has 2 aliphatic heterocycles. The van der Waals surface area contributed by atoms with E-state index in [1.807, 2.05) is 24.3 Å². The van der Waals surface area contributed by atoms with Gasteiger partial charge >= 0.3 is 5.97 Å². The van der Waals surface area contributed by atoms with Gasteiger partial charge in [0, 0.05) is 49.2 Å². The topological polar surface area (TPSA) is 84.4 Å². The molecule has 3 aliphatic rings. The molecule has 0 radical (unpaired) electrons. The highest BCUT2D eigenvalue weighted by Crippen LogP contribution is 2.47. The molecule has 150 valence electrons. The average molecular weight is 392 g/mol. The van der Waals surface area contributed by atoms with Crippen molar-refractivity contribution < 1.29 is 14.3 Å². The van der Waals surface area contributed by atoms with Crippen molar-refractivity contribution in [2.75, 3.05) is 18.0 Å². The lowest BCUT2D eigenvalue weighted by atomic mass is 9.75. The van der Waals surface area contributed by atoms with Gasteiger partial charge in [0.25, 0.3) is 0 Å². The van der Waals surface area contributed by atoms with E-state index >= 15 is 0 Å². The number of hydrogen-bond donors (Lipinski definition) is 1. The van der Waals surface area contributed by atoms with Crippen LogP contribution in [0, 0.1) is 5.92 Å². The molecule has 7 heteroatoms. The number of amides is 1. The molecule has 1 saturated carbocycles. The molecule has 2 fully saturated rings. The van der Waals surface area contributed by atoms with Gasteiger partial charge in [-0.2, -0.15) is 0 Å². The molecule has 0 aromatic carbocycles. The zero-order valence-corrected chi connectivity index (χ0v) is 16.2. The first-order valence-electron chi connectivity index (χ1n) is 10.3. The van der Waals surface area contributed by atoms with Crippen molar-refractivity contribution in [1.29, 1.82) is 0 Å². The Morgan fingerprint density at radius 2 is 2.03 bits per heavy atom. The van der Waals surface area contributed by atoms with Gasteiger partial charge in [0.15, 0.2) is 0 Å². The van der Waals surface area contributed by atoms with Gasteiger partial charge in [0.05, 0.1) is 5.56 Å². The first-order chi connectivity index (χ1) is 14.1. The van der Waals surface area contributed by atoms with E-state index in [9.17, 15) is 9.59 Å². The van der Waals surface area contributed by atoms with Crippen LogP contribution in [-0.2, 0) is 15.1 Å². The van der Waals surface area contributed by atoms with E-state index in [-0.39, 0.29) is 23.8 Å². The Morgan fingerprint density at radius 1 is 1.17 bits per heavy atom. The predicted molar refractivity (Wildman–Crippen MR) is 106 cm³/mol. The van der Waals surface area contributed by atoms with Gasteiger partial charge in [0.2, 0.25) is 5.91 Å². The number of nitrogens with zero attached hydrogens (tertiary/aromatic N) is 3. The molecule has 1 spiro atoms. The Labute approximate surface area is 169 Å². The Kier molecular flexibility index (Phi) is 4.45. The third-order valence-corrected chi connectivity index (χ3v) is 6.49. The number of nitrogens with one attached hydrogen (secondary N) is 1. The smallest absolute Gasteiger partial charge is 0.341 e. The Bertz CT molecular complexity index is 925. The Morgan fingerprint density at radius 3 is 2.83 bits per heavy atom. The monoisotopic (exact) mass is 392 g/mol. The molecule has 5 rings (SSSR count). The fraction of sp³-hybridized carbons (Fsp3) is 0.455. The minimum atomic E-state index is -0.574. The second kappa shape index (κ2) is 7.13. The number of ether oxygens (including phenoxy) is 1. The number of pyridine rings is 2. The van der Waals surface area contributed by atoms with Crippen molar-refractivity contribution in [1.82, 2.24) is 15.3 Å².